The molecule has 542 valence electrons. The second-order valence-electron chi connectivity index (χ2n) is 20.5. The van der Waals surface area contributed by atoms with E-state index in [1.165, 1.54) is 70.6 Å². The van der Waals surface area contributed by atoms with Gasteiger partial charge in [-0.1, -0.05) is 0 Å². The summed E-state index contributed by atoms with van der Waals surface area (Å²) in [5, 5.41) is -2.49. The number of thioether (sulfide) groups is 6. The van der Waals surface area contributed by atoms with E-state index < -0.39 is 103 Å². The van der Waals surface area contributed by atoms with Gasteiger partial charge in [0, 0.05) is 78.5 Å². The lowest BCUT2D eigenvalue weighted by atomic mass is 10.2. The molecule has 0 spiro atoms. The molecule has 0 aromatic heterocycles. The molecule has 34 heteroatoms. The first-order valence-corrected chi connectivity index (χ1v) is 38.6. The maximum absolute atomic E-state index is 13.1. The lowest BCUT2D eigenvalue weighted by Crippen LogP contribution is -2.45. The number of esters is 12. The minimum absolute atomic E-state index is 0.0945. The minimum atomic E-state index is -0.602. The van der Waals surface area contributed by atoms with Crippen LogP contribution in [0.15, 0.2) is 0 Å². The number of rotatable bonds is 57. The van der Waals surface area contributed by atoms with E-state index in [2.05, 4.69) is 0 Å². The maximum atomic E-state index is 13.1. The van der Waals surface area contributed by atoms with Gasteiger partial charge in [0.05, 0.1) is 70.0 Å². The molecule has 0 amide bonds. The van der Waals surface area contributed by atoms with Crippen LogP contribution in [-0.2, 0) is 114 Å². The van der Waals surface area contributed by atoms with Gasteiger partial charge < -0.3 is 71.5 Å². The van der Waals surface area contributed by atoms with Crippen LogP contribution in [0.4, 0.5) is 0 Å². The Labute approximate surface area is 579 Å². The number of hydrogen-bond acceptors (Lipinski definition) is 34. The van der Waals surface area contributed by atoms with Crippen molar-refractivity contribution in [3.8, 4) is 0 Å². The van der Waals surface area contributed by atoms with E-state index in [0.29, 0.717) is 0 Å². The molecule has 0 aliphatic heterocycles. The molecule has 6 atom stereocenters. The van der Waals surface area contributed by atoms with E-state index in [1.54, 1.807) is 79.1 Å². The molecule has 0 rings (SSSR count). The molecule has 0 radical (unpaired) electrons. The van der Waals surface area contributed by atoms with E-state index in [4.69, 9.17) is 56.8 Å². The Morgan fingerprint density at radius 1 is 0.213 bits per heavy atom. The molecule has 0 heterocycles. The Balaban J connectivity index is 7.08. The topological polar surface area (TPSA) is 329 Å². The van der Waals surface area contributed by atoms with Crippen LogP contribution in [-0.4, -0.2) is 318 Å². The highest BCUT2D eigenvalue weighted by atomic mass is 32.2. The Bertz CT molecular complexity index is 1870. The first-order valence-electron chi connectivity index (χ1n) is 30.8. The SMILES string of the molecule is CSC(C)C(=O)OCCOC(=O)CCN(CCC(=O)OCCOC(=O)C(C)SC)CCN(CCN(CCC(=O)OCCOC(=O)C(C)SC)CCC(=O)OCCOC(=O)C(C)SC)CCN(CCC(=O)OCCOC(=O)C(C)SC)CCC(=O)OCCOC(=O)C(C)SC. The molecule has 0 aromatic rings. The maximum Gasteiger partial charge on any atom is 0.318 e. The number of hydrogen-bond donors (Lipinski definition) is 0. The first kappa shape index (κ1) is 89.6. The zero-order chi connectivity index (χ0) is 70.6. The highest BCUT2D eigenvalue weighted by Crippen LogP contribution is 2.13. The summed E-state index contributed by atoms with van der Waals surface area (Å²) in [6.45, 7) is 10.1. The molecule has 0 aromatic carbocycles. The Morgan fingerprint density at radius 3 is 0.457 bits per heavy atom. The van der Waals surface area contributed by atoms with Crippen LogP contribution in [0.1, 0.15) is 80.1 Å². The van der Waals surface area contributed by atoms with Gasteiger partial charge in [-0.05, 0) is 79.1 Å². The third kappa shape index (κ3) is 46.7. The lowest BCUT2D eigenvalue weighted by Gasteiger charge is -2.32. The average molecular weight is 1460 g/mol. The van der Waals surface area contributed by atoms with Crippen molar-refractivity contribution in [1.82, 2.24) is 19.6 Å². The Morgan fingerprint density at radius 2 is 0.330 bits per heavy atom. The Kier molecular flexibility index (Phi) is 53.9. The number of ether oxygens (including phenoxy) is 12. The van der Waals surface area contributed by atoms with Crippen molar-refractivity contribution >= 4 is 142 Å². The van der Waals surface area contributed by atoms with Gasteiger partial charge in [0.1, 0.15) is 79.3 Å². The monoisotopic (exact) mass is 1450 g/mol. The van der Waals surface area contributed by atoms with Crippen LogP contribution in [0.3, 0.4) is 0 Å². The van der Waals surface area contributed by atoms with Gasteiger partial charge in [-0.2, -0.15) is 70.6 Å². The minimum Gasteiger partial charge on any atom is -0.462 e. The van der Waals surface area contributed by atoms with Crippen molar-refractivity contribution in [3.05, 3.63) is 0 Å². The largest absolute Gasteiger partial charge is 0.462 e. The van der Waals surface area contributed by atoms with Gasteiger partial charge in [0.2, 0.25) is 0 Å². The van der Waals surface area contributed by atoms with Gasteiger partial charge in [-0.15, -0.1) is 0 Å². The molecule has 0 bridgehead atoms. The van der Waals surface area contributed by atoms with Crippen molar-refractivity contribution in [2.75, 3.05) is 195 Å². The van der Waals surface area contributed by atoms with Crippen LogP contribution in [0.2, 0.25) is 0 Å². The average Bonchev–Trinajstić information content (AvgIpc) is 2.89. The summed E-state index contributed by atoms with van der Waals surface area (Å²) in [6.07, 6.45) is 9.77. The van der Waals surface area contributed by atoms with Crippen LogP contribution in [0.5, 0.6) is 0 Å². The van der Waals surface area contributed by atoms with E-state index in [9.17, 15) is 57.5 Å². The smallest absolute Gasteiger partial charge is 0.318 e. The highest BCUT2D eigenvalue weighted by Gasteiger charge is 2.23. The molecular formula is C60H102N4O24S6. The fourth-order valence-corrected chi connectivity index (χ4v) is 8.75. The molecule has 0 aliphatic rings. The summed E-state index contributed by atoms with van der Waals surface area (Å²) < 4.78 is 63.6. The summed E-state index contributed by atoms with van der Waals surface area (Å²) in [4.78, 5) is 160. The summed E-state index contributed by atoms with van der Waals surface area (Å²) >= 11 is 7.82. The predicted octanol–water partition coefficient (Wildman–Crippen LogP) is 3.56. The quantitative estimate of drug-likeness (QED) is 0.0477. The second kappa shape index (κ2) is 56.6. The number of carbonyl (C=O) groups excluding carboxylic acids is 12. The normalized spacial score (nSPS) is 13.1. The summed E-state index contributed by atoms with van der Waals surface area (Å²) in [5.74, 6) is -6.35. The van der Waals surface area contributed by atoms with Gasteiger partial charge in [-0.25, -0.2) is 0 Å². The third-order valence-electron chi connectivity index (χ3n) is 13.6. The number of carbonyl (C=O) groups is 12. The van der Waals surface area contributed by atoms with Gasteiger partial charge in [0.25, 0.3) is 0 Å². The van der Waals surface area contributed by atoms with E-state index in [-0.39, 0.29) is 196 Å². The molecule has 0 fully saturated rings. The van der Waals surface area contributed by atoms with Crippen molar-refractivity contribution in [1.29, 1.82) is 0 Å². The molecular weight excluding hydrogens is 1350 g/mol. The third-order valence-corrected chi connectivity index (χ3v) is 19.0. The van der Waals surface area contributed by atoms with Crippen molar-refractivity contribution in [2.24, 2.45) is 0 Å². The molecule has 0 N–H and O–H groups in total. The standard InChI is InChI=1S/C60H102N4O24S6/c1-43(89-7)55(71)83-37-31-77-49(65)13-19-61(20-14-50(66)78-32-38-84-56(72)44(2)90-8)25-28-64(29-26-62(21-15-51(67)79-33-39-85-57(73)45(3)91-9)22-16-52(68)80-34-40-86-58(74)46(4)92-10)30-27-63(23-17-53(69)81-35-41-87-59(75)47(5)93-11)24-18-54(70)82-36-42-88-60(76)48(6)94-12/h43-48H,13-42H2,1-12H3. The second-order valence-corrected chi connectivity index (χ2v) is 27.5. The highest BCUT2D eigenvalue weighted by molar-refractivity contribution is 8.01. The molecule has 0 aliphatic carbocycles. The Hall–Kier alpha value is -4.42. The van der Waals surface area contributed by atoms with Crippen LogP contribution >= 0.6 is 70.6 Å². The molecule has 28 nitrogen and oxygen atoms in total. The van der Waals surface area contributed by atoms with Crippen molar-refractivity contribution in [2.45, 2.75) is 112 Å². The fraction of sp³-hybridized carbons (Fsp3) is 0.800. The fourth-order valence-electron chi connectivity index (χ4n) is 7.19. The van der Waals surface area contributed by atoms with E-state index >= 15 is 0 Å². The van der Waals surface area contributed by atoms with E-state index in [1.807, 2.05) is 19.6 Å². The van der Waals surface area contributed by atoms with Crippen LogP contribution < -0.4 is 0 Å². The van der Waals surface area contributed by atoms with Crippen LogP contribution in [0, 0.1) is 0 Å². The summed E-state index contributed by atoms with van der Waals surface area (Å²) in [7, 11) is 0. The number of nitrogens with zero attached hydrogens (tertiary/aromatic N) is 4. The molecule has 0 saturated carbocycles. The predicted molar refractivity (Wildman–Crippen MR) is 363 cm³/mol. The summed E-state index contributed by atoms with van der Waals surface area (Å²) in [5.41, 5.74) is 0. The van der Waals surface area contributed by atoms with Crippen LogP contribution in [0.25, 0.3) is 0 Å². The van der Waals surface area contributed by atoms with Gasteiger partial charge in [-0.3, -0.25) is 62.4 Å². The van der Waals surface area contributed by atoms with E-state index in [0.717, 1.165) is 0 Å². The van der Waals surface area contributed by atoms with Crippen molar-refractivity contribution in [3.63, 3.8) is 0 Å². The van der Waals surface area contributed by atoms with Gasteiger partial charge >= 0.3 is 71.6 Å². The zero-order valence-corrected chi connectivity index (χ0v) is 61.6. The lowest BCUT2D eigenvalue weighted by molar-refractivity contribution is -0.152. The zero-order valence-electron chi connectivity index (χ0n) is 56.7. The van der Waals surface area contributed by atoms with Gasteiger partial charge in [0.15, 0.2) is 0 Å². The molecule has 0 saturated heterocycles. The summed E-state index contributed by atoms with van der Waals surface area (Å²) in [6, 6.07) is 0. The van der Waals surface area contributed by atoms with Crippen molar-refractivity contribution < 1.29 is 114 Å². The molecule has 6 unspecified atom stereocenters. The molecule has 94 heavy (non-hydrogen) atoms. The first-order chi connectivity index (χ1) is 44.8.